The van der Waals surface area contributed by atoms with Crippen molar-refractivity contribution >= 4 is 33.8 Å². The number of benzene rings is 1. The van der Waals surface area contributed by atoms with Gasteiger partial charge in [0.25, 0.3) is 5.56 Å². The highest BCUT2D eigenvalue weighted by molar-refractivity contribution is 7.80. The fourth-order valence-corrected chi connectivity index (χ4v) is 2.17. The number of thiocarbonyl (C=S) groups is 1. The molecular formula is C12H10N4O2S. The third-order valence-corrected chi connectivity index (χ3v) is 3.05. The zero-order valence-electron chi connectivity index (χ0n) is 10.1. The van der Waals surface area contributed by atoms with E-state index >= 15 is 0 Å². The number of nitrogens with zero attached hydrogens (tertiary/aromatic N) is 3. The van der Waals surface area contributed by atoms with Crippen molar-refractivity contribution in [1.82, 2.24) is 19.8 Å². The molecule has 0 aliphatic heterocycles. The lowest BCUT2D eigenvalue weighted by atomic mass is 10.2. The van der Waals surface area contributed by atoms with Crippen LogP contribution in [0.15, 0.2) is 29.1 Å². The highest BCUT2D eigenvalue weighted by Gasteiger charge is 2.15. The molecule has 0 radical (unpaired) electrons. The smallest absolute Gasteiger partial charge is 0.281 e. The Labute approximate surface area is 113 Å². The molecule has 0 amide bonds. The van der Waals surface area contributed by atoms with Crippen LogP contribution in [0.5, 0.6) is 0 Å². The number of fused-ring (bicyclic) bond motifs is 3. The first-order chi connectivity index (χ1) is 9.22. The summed E-state index contributed by atoms with van der Waals surface area (Å²) < 4.78 is 6.86. The zero-order valence-corrected chi connectivity index (χ0v) is 10.9. The highest BCUT2D eigenvalue weighted by atomic mass is 32.1. The van der Waals surface area contributed by atoms with Crippen molar-refractivity contribution in [2.75, 3.05) is 6.61 Å². The maximum absolute atomic E-state index is 12.0. The number of para-hydroxylation sites is 1. The van der Waals surface area contributed by atoms with E-state index in [9.17, 15) is 4.79 Å². The minimum Gasteiger partial charge on any atom is -0.482 e. The molecule has 6 nitrogen and oxygen atoms in total. The van der Waals surface area contributed by atoms with Crippen LogP contribution in [0.4, 0.5) is 0 Å². The monoisotopic (exact) mass is 274 g/mol. The van der Waals surface area contributed by atoms with Gasteiger partial charge in [0.1, 0.15) is 0 Å². The van der Waals surface area contributed by atoms with Crippen molar-refractivity contribution in [3.63, 3.8) is 0 Å². The molecule has 7 heteroatoms. The van der Waals surface area contributed by atoms with Crippen LogP contribution in [0.3, 0.4) is 0 Å². The van der Waals surface area contributed by atoms with Gasteiger partial charge in [0, 0.05) is 0 Å². The van der Waals surface area contributed by atoms with Crippen LogP contribution < -0.4 is 5.56 Å². The summed E-state index contributed by atoms with van der Waals surface area (Å²) in [6.07, 6.45) is 0. The SMILES string of the molecule is CCOC(=S)c1n[nH]n2c1nc(=O)c1ccccc12. The molecule has 19 heavy (non-hydrogen) atoms. The normalized spacial score (nSPS) is 11.0. The molecule has 1 N–H and O–H groups in total. The zero-order chi connectivity index (χ0) is 13.4. The molecule has 0 saturated carbocycles. The molecule has 0 saturated heterocycles. The van der Waals surface area contributed by atoms with E-state index in [0.717, 1.165) is 0 Å². The minimum absolute atomic E-state index is 0.225. The average Bonchev–Trinajstić information content (AvgIpc) is 2.83. The van der Waals surface area contributed by atoms with Gasteiger partial charge < -0.3 is 4.74 Å². The van der Waals surface area contributed by atoms with Crippen LogP contribution in [-0.2, 0) is 4.74 Å². The molecule has 0 aliphatic rings. The van der Waals surface area contributed by atoms with Crippen molar-refractivity contribution in [3.05, 3.63) is 40.3 Å². The topological polar surface area (TPSA) is 72.3 Å². The van der Waals surface area contributed by atoms with E-state index in [-0.39, 0.29) is 10.6 Å². The van der Waals surface area contributed by atoms with Crippen LogP contribution in [0.2, 0.25) is 0 Å². The van der Waals surface area contributed by atoms with E-state index in [1.165, 1.54) is 0 Å². The molecule has 96 valence electrons. The molecule has 0 aliphatic carbocycles. The van der Waals surface area contributed by atoms with E-state index in [1.807, 2.05) is 19.1 Å². The van der Waals surface area contributed by atoms with Gasteiger partial charge in [-0.3, -0.25) is 4.79 Å². The Hall–Kier alpha value is -2.28. The number of aromatic amines is 1. The van der Waals surface area contributed by atoms with E-state index in [2.05, 4.69) is 15.3 Å². The number of hydrogen-bond acceptors (Lipinski definition) is 5. The van der Waals surface area contributed by atoms with Gasteiger partial charge >= 0.3 is 0 Å². The lowest BCUT2D eigenvalue weighted by Gasteiger charge is -2.02. The van der Waals surface area contributed by atoms with Crippen molar-refractivity contribution in [2.24, 2.45) is 0 Å². The molecule has 1 aromatic carbocycles. The number of aromatic nitrogens is 4. The van der Waals surface area contributed by atoms with Gasteiger partial charge in [-0.25, -0.2) is 9.73 Å². The van der Waals surface area contributed by atoms with Gasteiger partial charge in [-0.15, -0.1) is 0 Å². The quantitative estimate of drug-likeness (QED) is 0.713. The second-order valence-corrected chi connectivity index (χ2v) is 4.24. The van der Waals surface area contributed by atoms with Gasteiger partial charge in [-0.1, -0.05) is 12.1 Å². The van der Waals surface area contributed by atoms with E-state index in [4.69, 9.17) is 17.0 Å². The lowest BCUT2D eigenvalue weighted by molar-refractivity contribution is 0.337. The Morgan fingerprint density at radius 3 is 3.05 bits per heavy atom. The van der Waals surface area contributed by atoms with E-state index in [1.54, 1.807) is 16.6 Å². The van der Waals surface area contributed by atoms with E-state index in [0.29, 0.717) is 28.9 Å². The van der Waals surface area contributed by atoms with Crippen LogP contribution in [-0.4, -0.2) is 31.5 Å². The Balaban J connectivity index is 2.36. The standard InChI is InChI=1S/C12H10N4O2S/c1-2-18-12(19)9-10-13-11(17)7-5-3-4-6-8(7)16(10)15-14-9/h3-6,15H,2H2,1H3. The van der Waals surface area contributed by atoms with Gasteiger partial charge in [-0.2, -0.15) is 10.1 Å². The molecule has 0 atom stereocenters. The summed E-state index contributed by atoms with van der Waals surface area (Å²) in [5.74, 6) is 0. The van der Waals surface area contributed by atoms with Crippen molar-refractivity contribution < 1.29 is 4.74 Å². The number of nitrogens with one attached hydrogen (secondary N) is 1. The molecule has 3 aromatic rings. The summed E-state index contributed by atoms with van der Waals surface area (Å²) >= 11 is 5.11. The number of rotatable bonds is 2. The minimum atomic E-state index is -0.308. The Morgan fingerprint density at radius 1 is 1.47 bits per heavy atom. The molecule has 2 aromatic heterocycles. The summed E-state index contributed by atoms with van der Waals surface area (Å²) in [6.45, 7) is 2.27. The third kappa shape index (κ3) is 1.78. The number of hydrogen-bond donors (Lipinski definition) is 1. The summed E-state index contributed by atoms with van der Waals surface area (Å²) in [6, 6.07) is 7.17. The van der Waals surface area contributed by atoms with E-state index < -0.39 is 0 Å². The summed E-state index contributed by atoms with van der Waals surface area (Å²) in [4.78, 5) is 16.0. The summed E-state index contributed by atoms with van der Waals surface area (Å²) in [7, 11) is 0. The summed E-state index contributed by atoms with van der Waals surface area (Å²) in [5.41, 5.74) is 1.15. The second-order valence-electron chi connectivity index (χ2n) is 3.87. The van der Waals surface area contributed by atoms with Gasteiger partial charge in [-0.05, 0) is 31.3 Å². The summed E-state index contributed by atoms with van der Waals surface area (Å²) in [5, 5.41) is 7.62. The van der Waals surface area contributed by atoms with Gasteiger partial charge in [0.15, 0.2) is 11.3 Å². The number of ether oxygens (including phenoxy) is 1. The molecule has 0 unspecified atom stereocenters. The van der Waals surface area contributed by atoms with Crippen LogP contribution in [0.25, 0.3) is 16.6 Å². The predicted molar refractivity (Wildman–Crippen MR) is 74.4 cm³/mol. The first-order valence-electron chi connectivity index (χ1n) is 5.75. The second kappa shape index (κ2) is 4.43. The number of H-pyrrole nitrogens is 1. The highest BCUT2D eigenvalue weighted by Crippen LogP contribution is 2.13. The maximum Gasteiger partial charge on any atom is 0.281 e. The molecule has 0 bridgehead atoms. The van der Waals surface area contributed by atoms with Crippen molar-refractivity contribution in [2.45, 2.75) is 6.92 Å². The first-order valence-corrected chi connectivity index (χ1v) is 6.16. The Kier molecular flexibility index (Phi) is 2.75. The molecule has 0 spiro atoms. The average molecular weight is 274 g/mol. The molecule has 3 rings (SSSR count). The van der Waals surface area contributed by atoms with Crippen molar-refractivity contribution in [1.29, 1.82) is 0 Å². The molecular weight excluding hydrogens is 264 g/mol. The fourth-order valence-electron chi connectivity index (χ4n) is 1.92. The Bertz CT molecular complexity index is 836. The molecule has 2 heterocycles. The largest absolute Gasteiger partial charge is 0.482 e. The lowest BCUT2D eigenvalue weighted by Crippen LogP contribution is -2.12. The van der Waals surface area contributed by atoms with Crippen LogP contribution >= 0.6 is 12.2 Å². The first kappa shape index (κ1) is 11.8. The maximum atomic E-state index is 12.0. The third-order valence-electron chi connectivity index (χ3n) is 2.74. The van der Waals surface area contributed by atoms with Gasteiger partial charge in [0.2, 0.25) is 5.05 Å². The molecule has 0 fully saturated rings. The fraction of sp³-hybridized carbons (Fsp3) is 0.167. The predicted octanol–water partition coefficient (Wildman–Crippen LogP) is 1.28. The van der Waals surface area contributed by atoms with Gasteiger partial charge in [0.05, 0.1) is 17.5 Å². The Morgan fingerprint density at radius 2 is 2.26 bits per heavy atom. The van der Waals surface area contributed by atoms with Crippen LogP contribution in [0, 0.1) is 0 Å². The van der Waals surface area contributed by atoms with Crippen molar-refractivity contribution in [3.8, 4) is 0 Å². The van der Waals surface area contributed by atoms with Crippen LogP contribution in [0.1, 0.15) is 12.6 Å².